The number of hydrogen-bond acceptors (Lipinski definition) is 6. The first kappa shape index (κ1) is 25.7. The molecule has 2 aliphatic carbocycles. The molecule has 0 radical (unpaired) electrons. The lowest BCUT2D eigenvalue weighted by molar-refractivity contribution is -0.0508. The first-order valence-electron chi connectivity index (χ1n) is 14.2. The van der Waals surface area contributed by atoms with Gasteiger partial charge in [-0.05, 0) is 69.3 Å². The topological polar surface area (TPSA) is 51.8 Å². The number of fused-ring (bicyclic) bond motifs is 3. The highest BCUT2D eigenvalue weighted by molar-refractivity contribution is 5.55. The molecular weight excluding hydrogens is 479 g/mol. The summed E-state index contributed by atoms with van der Waals surface area (Å²) in [5.41, 5.74) is 7.02. The number of likely N-dealkylation sites (tertiary alicyclic amines) is 2. The van der Waals surface area contributed by atoms with Crippen molar-refractivity contribution in [1.82, 2.24) is 20.7 Å². The second kappa shape index (κ2) is 10.2. The summed E-state index contributed by atoms with van der Waals surface area (Å²) in [6.45, 7) is 5.58. The van der Waals surface area contributed by atoms with Crippen LogP contribution in [0, 0.1) is 23.6 Å². The molecule has 3 saturated heterocycles. The molecule has 0 spiro atoms. The molecule has 37 heavy (non-hydrogen) atoms. The van der Waals surface area contributed by atoms with Crippen LogP contribution in [0.3, 0.4) is 0 Å². The quantitative estimate of drug-likeness (QED) is 0.456. The van der Waals surface area contributed by atoms with E-state index in [4.69, 9.17) is 4.74 Å². The van der Waals surface area contributed by atoms with Crippen LogP contribution >= 0.6 is 0 Å². The molecule has 4 unspecified atom stereocenters. The van der Waals surface area contributed by atoms with Gasteiger partial charge in [0.05, 0.1) is 25.5 Å². The van der Waals surface area contributed by atoms with Crippen LogP contribution in [-0.4, -0.2) is 80.1 Å². The highest BCUT2D eigenvalue weighted by Gasteiger charge is 2.54. The first-order chi connectivity index (χ1) is 17.9. The van der Waals surface area contributed by atoms with E-state index in [0.29, 0.717) is 61.0 Å². The molecule has 6 nitrogen and oxygen atoms in total. The Hall–Kier alpha value is -1.55. The number of nitrogens with zero attached hydrogens (tertiary/aromatic N) is 2. The fourth-order valence-corrected chi connectivity index (χ4v) is 7.71. The fourth-order valence-electron chi connectivity index (χ4n) is 7.71. The Morgan fingerprint density at radius 1 is 1.16 bits per heavy atom. The predicted molar refractivity (Wildman–Crippen MR) is 139 cm³/mol. The lowest BCUT2D eigenvalue weighted by Gasteiger charge is -2.54. The molecule has 5 aliphatic rings. The number of hydrogen-bond donors (Lipinski definition) is 3. The average Bonchev–Trinajstić information content (AvgIpc) is 3.38. The maximum absolute atomic E-state index is 15.7. The SMILES string of the molecule is COc1cc(NC2CN(CCCF)C2)c(F)cc1[C@@H]1C2CCC3NNCC3C2C[C@@H](C)N1CC1(F)CC1. The number of anilines is 1. The molecule has 1 aromatic rings. The van der Waals surface area contributed by atoms with Crippen molar-refractivity contribution in [2.24, 2.45) is 17.8 Å². The van der Waals surface area contributed by atoms with Crippen molar-refractivity contribution < 1.29 is 17.9 Å². The molecule has 3 aliphatic heterocycles. The molecule has 9 heteroatoms. The van der Waals surface area contributed by atoms with Crippen molar-refractivity contribution in [3.63, 3.8) is 0 Å². The van der Waals surface area contributed by atoms with Crippen LogP contribution in [0.4, 0.5) is 18.9 Å². The van der Waals surface area contributed by atoms with Crippen LogP contribution in [0.2, 0.25) is 0 Å². The normalized spacial score (nSPS) is 35.5. The number of rotatable bonds is 9. The van der Waals surface area contributed by atoms with Gasteiger partial charge < -0.3 is 10.1 Å². The van der Waals surface area contributed by atoms with Crippen LogP contribution in [0.15, 0.2) is 12.1 Å². The van der Waals surface area contributed by atoms with E-state index < -0.39 is 5.67 Å². The Labute approximate surface area is 218 Å². The lowest BCUT2D eigenvalue weighted by Crippen LogP contribution is -2.55. The molecule has 6 atom stereocenters. The summed E-state index contributed by atoms with van der Waals surface area (Å²) in [6.07, 6.45) is 4.93. The van der Waals surface area contributed by atoms with Crippen LogP contribution in [-0.2, 0) is 0 Å². The molecule has 6 rings (SSSR count). The van der Waals surface area contributed by atoms with Crippen molar-refractivity contribution >= 4 is 5.69 Å². The Morgan fingerprint density at radius 3 is 2.70 bits per heavy atom. The Bertz CT molecular complexity index is 971. The molecule has 5 fully saturated rings. The number of hydrazine groups is 1. The van der Waals surface area contributed by atoms with E-state index in [0.717, 1.165) is 51.0 Å². The Kier molecular flexibility index (Phi) is 7.09. The van der Waals surface area contributed by atoms with Gasteiger partial charge in [-0.25, -0.2) is 8.78 Å². The monoisotopic (exact) mass is 521 g/mol. The Balaban J connectivity index is 1.28. The third kappa shape index (κ3) is 4.97. The van der Waals surface area contributed by atoms with Crippen LogP contribution in [0.5, 0.6) is 5.75 Å². The number of piperidine rings is 1. The second-order valence-corrected chi connectivity index (χ2v) is 12.3. The minimum absolute atomic E-state index is 0.0677. The maximum atomic E-state index is 15.7. The third-order valence-electron chi connectivity index (χ3n) is 9.82. The van der Waals surface area contributed by atoms with Gasteiger partial charge in [0.15, 0.2) is 0 Å². The van der Waals surface area contributed by atoms with E-state index in [1.807, 2.05) is 0 Å². The van der Waals surface area contributed by atoms with E-state index in [1.54, 1.807) is 19.2 Å². The fraction of sp³-hybridized carbons (Fsp3) is 0.786. The average molecular weight is 522 g/mol. The molecule has 0 bridgehead atoms. The summed E-state index contributed by atoms with van der Waals surface area (Å²) in [7, 11) is 1.65. The third-order valence-corrected chi connectivity index (χ3v) is 9.82. The minimum Gasteiger partial charge on any atom is -0.496 e. The molecule has 0 aromatic heterocycles. The van der Waals surface area contributed by atoms with Crippen molar-refractivity contribution in [1.29, 1.82) is 0 Å². The van der Waals surface area contributed by atoms with Gasteiger partial charge in [-0.1, -0.05) is 0 Å². The summed E-state index contributed by atoms with van der Waals surface area (Å²) in [6, 6.07) is 4.22. The lowest BCUT2D eigenvalue weighted by atomic mass is 9.61. The van der Waals surface area contributed by atoms with Gasteiger partial charge in [0.25, 0.3) is 0 Å². The van der Waals surface area contributed by atoms with E-state index in [-0.39, 0.29) is 30.6 Å². The van der Waals surface area contributed by atoms with Gasteiger partial charge >= 0.3 is 0 Å². The van der Waals surface area contributed by atoms with E-state index in [9.17, 15) is 4.39 Å². The molecule has 3 N–H and O–H groups in total. The first-order valence-corrected chi connectivity index (χ1v) is 14.2. The molecule has 2 saturated carbocycles. The van der Waals surface area contributed by atoms with Gasteiger partial charge in [-0.3, -0.25) is 25.0 Å². The number of halogens is 3. The number of benzene rings is 1. The zero-order valence-corrected chi connectivity index (χ0v) is 22.1. The smallest absolute Gasteiger partial charge is 0.146 e. The molecular formula is C28H42F3N5O. The van der Waals surface area contributed by atoms with E-state index in [1.165, 1.54) is 0 Å². The number of nitrogens with one attached hydrogen (secondary N) is 3. The summed E-state index contributed by atoms with van der Waals surface area (Å²) < 4.78 is 49.2. The number of ether oxygens (including phenoxy) is 1. The molecule has 0 amide bonds. The van der Waals surface area contributed by atoms with Crippen molar-refractivity contribution in [3.05, 3.63) is 23.5 Å². The number of alkyl halides is 2. The van der Waals surface area contributed by atoms with Crippen molar-refractivity contribution in [2.75, 3.05) is 51.8 Å². The highest BCUT2D eigenvalue weighted by atomic mass is 19.1. The molecule has 3 heterocycles. The van der Waals surface area contributed by atoms with Gasteiger partial charge in [0, 0.05) is 62.5 Å². The Morgan fingerprint density at radius 2 is 1.97 bits per heavy atom. The van der Waals surface area contributed by atoms with Crippen LogP contribution in [0.25, 0.3) is 0 Å². The highest BCUT2D eigenvalue weighted by Crippen LogP contribution is 2.55. The summed E-state index contributed by atoms with van der Waals surface area (Å²) in [4.78, 5) is 4.51. The number of methoxy groups -OCH3 is 1. The maximum Gasteiger partial charge on any atom is 0.146 e. The van der Waals surface area contributed by atoms with Gasteiger partial charge in [-0.2, -0.15) is 0 Å². The van der Waals surface area contributed by atoms with Crippen molar-refractivity contribution in [3.8, 4) is 5.75 Å². The zero-order valence-electron chi connectivity index (χ0n) is 22.1. The predicted octanol–water partition coefficient (Wildman–Crippen LogP) is 4.05. The molecule has 1 aromatic carbocycles. The largest absolute Gasteiger partial charge is 0.496 e. The van der Waals surface area contributed by atoms with Crippen LogP contribution < -0.4 is 20.9 Å². The summed E-state index contributed by atoms with van der Waals surface area (Å²) in [5, 5.41) is 3.33. The van der Waals surface area contributed by atoms with E-state index >= 15 is 8.78 Å². The zero-order chi connectivity index (χ0) is 25.7. The van der Waals surface area contributed by atoms with Gasteiger partial charge in [0.1, 0.15) is 17.2 Å². The summed E-state index contributed by atoms with van der Waals surface area (Å²) in [5.74, 6) is 1.77. The van der Waals surface area contributed by atoms with Crippen LogP contribution in [0.1, 0.15) is 57.1 Å². The standard InChI is InChI=1S/C28H42F3N5O/c1-17-10-20-19(4-5-24-22(20)13-32-34-24)27(36(17)16-28(31)6-7-28)21-11-23(30)25(12-26(21)37-2)33-18-14-35(15-18)9-3-8-29/h11-12,17-20,22,24,27,32-34H,3-10,13-16H2,1-2H3/t17-,19?,20?,22?,24?,27+/m1/s1. The minimum atomic E-state index is -1.11. The van der Waals surface area contributed by atoms with Crippen molar-refractivity contribution in [2.45, 2.75) is 75.3 Å². The molecule has 206 valence electrons. The van der Waals surface area contributed by atoms with E-state index in [2.05, 4.69) is 32.9 Å². The second-order valence-electron chi connectivity index (χ2n) is 12.3. The summed E-state index contributed by atoms with van der Waals surface area (Å²) >= 11 is 0. The van der Waals surface area contributed by atoms with Gasteiger partial charge in [-0.15, -0.1) is 0 Å². The van der Waals surface area contributed by atoms with Gasteiger partial charge in [0.2, 0.25) is 0 Å².